The van der Waals surface area contributed by atoms with Crippen molar-refractivity contribution in [2.45, 2.75) is 6.10 Å². The molecule has 1 N–H and O–H groups in total. The summed E-state index contributed by atoms with van der Waals surface area (Å²) >= 11 is 5.95. The molecule has 7 nitrogen and oxygen atoms in total. The molecule has 128 valence electrons. The van der Waals surface area contributed by atoms with Crippen LogP contribution in [0, 0.1) is 11.3 Å². The molecular weight excluding hydrogens is 344 g/mol. The fourth-order valence-electron chi connectivity index (χ4n) is 2.38. The molecule has 1 aliphatic heterocycles. The summed E-state index contributed by atoms with van der Waals surface area (Å²) in [5.41, 5.74) is 0.870. The van der Waals surface area contributed by atoms with Crippen LogP contribution >= 0.6 is 11.6 Å². The zero-order valence-corrected chi connectivity index (χ0v) is 14.2. The predicted molar refractivity (Wildman–Crippen MR) is 92.0 cm³/mol. The summed E-state index contributed by atoms with van der Waals surface area (Å²) < 4.78 is 10.9. The van der Waals surface area contributed by atoms with Gasteiger partial charge in [0.2, 0.25) is 5.88 Å². The van der Waals surface area contributed by atoms with Gasteiger partial charge in [-0.05, 0) is 30.3 Å². The molecule has 1 fully saturated rings. The Labute approximate surface area is 149 Å². The Kier molecular flexibility index (Phi) is 4.91. The van der Waals surface area contributed by atoms with Gasteiger partial charge in [0.25, 0.3) is 0 Å². The molecular formula is C17H15ClN4O3. The molecule has 0 bridgehead atoms. The summed E-state index contributed by atoms with van der Waals surface area (Å²) in [6, 6.07) is 10.1. The van der Waals surface area contributed by atoms with E-state index in [2.05, 4.69) is 10.3 Å². The van der Waals surface area contributed by atoms with Gasteiger partial charge >= 0.3 is 6.03 Å². The van der Waals surface area contributed by atoms with Crippen molar-refractivity contribution in [1.29, 1.82) is 5.26 Å². The summed E-state index contributed by atoms with van der Waals surface area (Å²) in [7, 11) is 1.52. The minimum Gasteiger partial charge on any atom is -0.495 e. The standard InChI is InChI=1S/C17H15ClN4O3/c1-24-15-5-4-12(18)7-14(15)21-17(23)22-9-13(10-22)25-16-11(8-19)3-2-6-20-16/h2-7,13H,9-10H2,1H3,(H,21,23). The van der Waals surface area contributed by atoms with Crippen LogP contribution in [0.2, 0.25) is 5.02 Å². The van der Waals surface area contributed by atoms with Crippen LogP contribution < -0.4 is 14.8 Å². The third-order valence-corrected chi connectivity index (χ3v) is 3.94. The first-order valence-corrected chi connectivity index (χ1v) is 7.89. The number of urea groups is 1. The monoisotopic (exact) mass is 358 g/mol. The van der Waals surface area contributed by atoms with E-state index in [4.69, 9.17) is 26.3 Å². The van der Waals surface area contributed by atoms with E-state index in [0.29, 0.717) is 35.1 Å². The lowest BCUT2D eigenvalue weighted by Gasteiger charge is -2.38. The van der Waals surface area contributed by atoms with Crippen molar-refractivity contribution in [3.05, 3.63) is 47.1 Å². The first-order valence-electron chi connectivity index (χ1n) is 7.52. The number of carbonyl (C=O) groups excluding carboxylic acids is 1. The van der Waals surface area contributed by atoms with Crippen molar-refractivity contribution in [2.24, 2.45) is 0 Å². The highest BCUT2D eigenvalue weighted by Crippen LogP contribution is 2.28. The van der Waals surface area contributed by atoms with Crippen molar-refractivity contribution in [3.63, 3.8) is 0 Å². The summed E-state index contributed by atoms with van der Waals surface area (Å²) in [5.74, 6) is 0.810. The Bertz CT molecular complexity index is 831. The maximum Gasteiger partial charge on any atom is 0.322 e. The first kappa shape index (κ1) is 16.9. The van der Waals surface area contributed by atoms with E-state index >= 15 is 0 Å². The molecule has 0 unspecified atom stereocenters. The molecule has 0 atom stereocenters. The second kappa shape index (κ2) is 7.28. The molecule has 0 radical (unpaired) electrons. The summed E-state index contributed by atoms with van der Waals surface area (Å²) in [4.78, 5) is 17.9. The number of ether oxygens (including phenoxy) is 2. The topological polar surface area (TPSA) is 87.5 Å². The van der Waals surface area contributed by atoms with Gasteiger partial charge in [0.05, 0.1) is 25.9 Å². The number of benzene rings is 1. The minimum absolute atomic E-state index is 0.200. The number of halogens is 1. The van der Waals surface area contributed by atoms with Crippen LogP contribution in [0.4, 0.5) is 10.5 Å². The number of amides is 2. The highest BCUT2D eigenvalue weighted by atomic mass is 35.5. The Balaban J connectivity index is 1.57. The van der Waals surface area contributed by atoms with Crippen LogP contribution in [0.5, 0.6) is 11.6 Å². The van der Waals surface area contributed by atoms with Crippen molar-refractivity contribution in [3.8, 4) is 17.7 Å². The van der Waals surface area contributed by atoms with Gasteiger partial charge in [-0.15, -0.1) is 0 Å². The number of pyridine rings is 1. The molecule has 2 amide bonds. The van der Waals surface area contributed by atoms with E-state index in [1.807, 2.05) is 6.07 Å². The van der Waals surface area contributed by atoms with Crippen molar-refractivity contribution in [1.82, 2.24) is 9.88 Å². The largest absolute Gasteiger partial charge is 0.495 e. The van der Waals surface area contributed by atoms with Crippen molar-refractivity contribution < 1.29 is 14.3 Å². The molecule has 2 heterocycles. The lowest BCUT2D eigenvalue weighted by atomic mass is 10.2. The summed E-state index contributed by atoms with van der Waals surface area (Å²) in [6.07, 6.45) is 1.36. The molecule has 0 saturated carbocycles. The van der Waals surface area contributed by atoms with E-state index < -0.39 is 0 Å². The zero-order chi connectivity index (χ0) is 17.8. The second-order valence-electron chi connectivity index (χ2n) is 5.39. The van der Waals surface area contributed by atoms with E-state index in [-0.39, 0.29) is 18.0 Å². The number of likely N-dealkylation sites (tertiary alicyclic amines) is 1. The molecule has 3 rings (SSSR count). The van der Waals surface area contributed by atoms with Crippen LogP contribution in [0.25, 0.3) is 0 Å². The number of nitrogens with one attached hydrogen (secondary N) is 1. The van der Waals surface area contributed by atoms with Crippen molar-refractivity contribution >= 4 is 23.3 Å². The third-order valence-electron chi connectivity index (χ3n) is 3.71. The van der Waals surface area contributed by atoms with Crippen LogP contribution in [-0.4, -0.2) is 42.2 Å². The van der Waals surface area contributed by atoms with E-state index in [0.717, 1.165) is 0 Å². The Morgan fingerprint density at radius 3 is 2.96 bits per heavy atom. The number of carbonyl (C=O) groups is 1. The van der Waals surface area contributed by atoms with Crippen LogP contribution in [0.1, 0.15) is 5.56 Å². The average molecular weight is 359 g/mol. The van der Waals surface area contributed by atoms with Crippen LogP contribution in [0.3, 0.4) is 0 Å². The number of rotatable bonds is 4. The molecule has 8 heteroatoms. The molecule has 1 aliphatic rings. The highest BCUT2D eigenvalue weighted by Gasteiger charge is 2.33. The number of hydrogen-bond donors (Lipinski definition) is 1. The molecule has 0 aliphatic carbocycles. The van der Waals surface area contributed by atoms with E-state index in [1.165, 1.54) is 7.11 Å². The molecule has 0 spiro atoms. The van der Waals surface area contributed by atoms with Crippen LogP contribution in [-0.2, 0) is 0 Å². The fraction of sp³-hybridized carbons (Fsp3) is 0.235. The number of aromatic nitrogens is 1. The van der Waals surface area contributed by atoms with Gasteiger partial charge in [-0.2, -0.15) is 5.26 Å². The number of hydrogen-bond acceptors (Lipinski definition) is 5. The SMILES string of the molecule is COc1ccc(Cl)cc1NC(=O)N1CC(Oc2ncccc2C#N)C1. The average Bonchev–Trinajstić information content (AvgIpc) is 2.58. The molecule has 25 heavy (non-hydrogen) atoms. The minimum atomic E-state index is -0.276. The molecule has 1 aromatic heterocycles. The fourth-order valence-corrected chi connectivity index (χ4v) is 2.55. The Morgan fingerprint density at radius 1 is 1.44 bits per heavy atom. The maximum atomic E-state index is 12.3. The van der Waals surface area contributed by atoms with E-state index in [1.54, 1.807) is 41.4 Å². The second-order valence-corrected chi connectivity index (χ2v) is 5.82. The van der Waals surface area contributed by atoms with Gasteiger partial charge in [0, 0.05) is 11.2 Å². The molecule has 1 saturated heterocycles. The van der Waals surface area contributed by atoms with Gasteiger partial charge in [-0.3, -0.25) is 0 Å². The van der Waals surface area contributed by atoms with Gasteiger partial charge in [-0.25, -0.2) is 9.78 Å². The van der Waals surface area contributed by atoms with Gasteiger partial charge in [-0.1, -0.05) is 11.6 Å². The Morgan fingerprint density at radius 2 is 2.24 bits per heavy atom. The normalized spacial score (nSPS) is 13.6. The maximum absolute atomic E-state index is 12.3. The third kappa shape index (κ3) is 3.75. The van der Waals surface area contributed by atoms with E-state index in [9.17, 15) is 4.79 Å². The van der Waals surface area contributed by atoms with Gasteiger partial charge < -0.3 is 19.7 Å². The van der Waals surface area contributed by atoms with Crippen molar-refractivity contribution in [2.75, 3.05) is 25.5 Å². The Hall–Kier alpha value is -2.98. The number of nitrogens with zero attached hydrogens (tertiary/aromatic N) is 3. The lowest BCUT2D eigenvalue weighted by molar-refractivity contribution is 0.0458. The van der Waals surface area contributed by atoms with Gasteiger partial charge in [0.15, 0.2) is 0 Å². The number of methoxy groups -OCH3 is 1. The van der Waals surface area contributed by atoms with Crippen LogP contribution in [0.15, 0.2) is 36.5 Å². The van der Waals surface area contributed by atoms with Gasteiger partial charge in [0.1, 0.15) is 23.5 Å². The smallest absolute Gasteiger partial charge is 0.322 e. The quantitative estimate of drug-likeness (QED) is 0.907. The molecule has 1 aromatic carbocycles. The summed E-state index contributed by atoms with van der Waals surface area (Å²) in [5, 5.41) is 12.3. The number of anilines is 1. The zero-order valence-electron chi connectivity index (χ0n) is 13.4. The first-order chi connectivity index (χ1) is 12.1. The summed E-state index contributed by atoms with van der Waals surface area (Å²) in [6.45, 7) is 0.798. The predicted octanol–water partition coefficient (Wildman–Crippen LogP) is 2.91. The lowest BCUT2D eigenvalue weighted by Crippen LogP contribution is -2.57. The molecule has 2 aromatic rings. The number of nitriles is 1. The highest BCUT2D eigenvalue weighted by molar-refractivity contribution is 6.31.